The standard InChI is InChI=1S/C15H21N3O2/c1-17-7-9-18(10-8-17)15(20)12-16-14(19)11-13-5-3-2-4-6-13/h2-6H,7-12H2,1H3,(H,16,19). The van der Waals surface area contributed by atoms with Gasteiger partial charge in [-0.3, -0.25) is 9.59 Å². The number of carbonyl (C=O) groups excluding carboxylic acids is 2. The van der Waals surface area contributed by atoms with Crippen molar-refractivity contribution in [3.8, 4) is 0 Å². The van der Waals surface area contributed by atoms with Crippen molar-refractivity contribution < 1.29 is 9.59 Å². The van der Waals surface area contributed by atoms with Gasteiger partial charge < -0.3 is 15.1 Å². The lowest BCUT2D eigenvalue weighted by molar-refractivity contribution is -0.134. The van der Waals surface area contributed by atoms with Gasteiger partial charge in [-0.05, 0) is 12.6 Å². The monoisotopic (exact) mass is 275 g/mol. The molecule has 0 radical (unpaired) electrons. The summed E-state index contributed by atoms with van der Waals surface area (Å²) in [5.74, 6) is -0.113. The number of carbonyl (C=O) groups is 2. The van der Waals surface area contributed by atoms with Crippen LogP contribution in [-0.4, -0.2) is 61.4 Å². The summed E-state index contributed by atoms with van der Waals surface area (Å²) in [4.78, 5) is 27.7. The van der Waals surface area contributed by atoms with E-state index in [0.29, 0.717) is 6.42 Å². The van der Waals surface area contributed by atoms with Gasteiger partial charge in [0, 0.05) is 26.2 Å². The molecule has 0 atom stereocenters. The molecule has 5 heteroatoms. The number of amides is 2. The number of benzene rings is 1. The Balaban J connectivity index is 1.72. The highest BCUT2D eigenvalue weighted by atomic mass is 16.2. The molecule has 1 aromatic rings. The molecule has 0 spiro atoms. The molecule has 1 fully saturated rings. The van der Waals surface area contributed by atoms with Gasteiger partial charge in [0.25, 0.3) is 0 Å². The molecule has 1 aliphatic heterocycles. The molecule has 1 N–H and O–H groups in total. The van der Waals surface area contributed by atoms with Crippen molar-refractivity contribution in [2.24, 2.45) is 0 Å². The normalized spacial score (nSPS) is 15.9. The lowest BCUT2D eigenvalue weighted by Gasteiger charge is -2.32. The summed E-state index contributed by atoms with van der Waals surface area (Å²) in [5.41, 5.74) is 0.956. The number of nitrogens with zero attached hydrogens (tertiary/aromatic N) is 2. The molecule has 0 saturated carbocycles. The van der Waals surface area contributed by atoms with E-state index in [2.05, 4.69) is 10.2 Å². The quantitative estimate of drug-likeness (QED) is 0.849. The number of hydrogen-bond donors (Lipinski definition) is 1. The maximum Gasteiger partial charge on any atom is 0.242 e. The van der Waals surface area contributed by atoms with Crippen molar-refractivity contribution in [3.63, 3.8) is 0 Å². The van der Waals surface area contributed by atoms with E-state index in [4.69, 9.17) is 0 Å². The fraction of sp³-hybridized carbons (Fsp3) is 0.467. The molecule has 5 nitrogen and oxygen atoms in total. The fourth-order valence-electron chi connectivity index (χ4n) is 2.19. The third-order valence-corrected chi connectivity index (χ3v) is 3.50. The highest BCUT2D eigenvalue weighted by molar-refractivity contribution is 5.85. The van der Waals surface area contributed by atoms with E-state index < -0.39 is 0 Å². The highest BCUT2D eigenvalue weighted by Gasteiger charge is 2.19. The minimum absolute atomic E-state index is 0.000452. The summed E-state index contributed by atoms with van der Waals surface area (Å²) < 4.78 is 0. The maximum atomic E-state index is 12.0. The van der Waals surface area contributed by atoms with Gasteiger partial charge in [-0.15, -0.1) is 0 Å². The minimum atomic E-state index is -0.112. The maximum absolute atomic E-state index is 12.0. The number of nitrogens with one attached hydrogen (secondary N) is 1. The zero-order valence-electron chi connectivity index (χ0n) is 11.8. The van der Waals surface area contributed by atoms with Crippen molar-refractivity contribution in [1.82, 2.24) is 15.1 Å². The molecule has 2 rings (SSSR count). The Bertz CT molecular complexity index is 453. The molecule has 0 unspecified atom stereocenters. The zero-order valence-corrected chi connectivity index (χ0v) is 11.8. The first kappa shape index (κ1) is 14.5. The lowest BCUT2D eigenvalue weighted by atomic mass is 10.1. The number of rotatable bonds is 4. The molecule has 1 aliphatic rings. The predicted molar refractivity (Wildman–Crippen MR) is 77.2 cm³/mol. The van der Waals surface area contributed by atoms with E-state index >= 15 is 0 Å². The predicted octanol–water partition coefficient (Wildman–Crippen LogP) is 0.119. The van der Waals surface area contributed by atoms with E-state index in [9.17, 15) is 9.59 Å². The molecule has 0 bridgehead atoms. The van der Waals surface area contributed by atoms with Crippen LogP contribution < -0.4 is 5.32 Å². The van der Waals surface area contributed by atoms with Crippen molar-refractivity contribution in [1.29, 1.82) is 0 Å². The van der Waals surface area contributed by atoms with Crippen LogP contribution in [0.2, 0.25) is 0 Å². The Hall–Kier alpha value is -1.88. The number of likely N-dealkylation sites (N-methyl/N-ethyl adjacent to an activating group) is 1. The van der Waals surface area contributed by atoms with E-state index in [1.165, 1.54) is 0 Å². The van der Waals surface area contributed by atoms with Gasteiger partial charge >= 0.3 is 0 Å². The van der Waals surface area contributed by atoms with Crippen LogP contribution in [0, 0.1) is 0 Å². The number of hydrogen-bond acceptors (Lipinski definition) is 3. The zero-order chi connectivity index (χ0) is 14.4. The van der Waals surface area contributed by atoms with Crippen LogP contribution >= 0.6 is 0 Å². The second-order valence-corrected chi connectivity index (χ2v) is 5.12. The Labute approximate surface area is 119 Å². The molecule has 1 heterocycles. The molecule has 2 amide bonds. The van der Waals surface area contributed by atoms with E-state index in [0.717, 1.165) is 31.7 Å². The number of piperazine rings is 1. The van der Waals surface area contributed by atoms with Crippen LogP contribution in [0.3, 0.4) is 0 Å². The molecular formula is C15H21N3O2. The molecule has 0 aromatic heterocycles. The lowest BCUT2D eigenvalue weighted by Crippen LogP contribution is -2.50. The van der Waals surface area contributed by atoms with Gasteiger partial charge in [-0.25, -0.2) is 0 Å². The van der Waals surface area contributed by atoms with Crippen molar-refractivity contribution in [3.05, 3.63) is 35.9 Å². The van der Waals surface area contributed by atoms with Crippen LogP contribution in [0.25, 0.3) is 0 Å². The second kappa shape index (κ2) is 7.05. The Morgan fingerprint density at radius 2 is 1.75 bits per heavy atom. The second-order valence-electron chi connectivity index (χ2n) is 5.12. The highest BCUT2D eigenvalue weighted by Crippen LogP contribution is 2.00. The van der Waals surface area contributed by atoms with Crippen LogP contribution in [0.1, 0.15) is 5.56 Å². The first-order valence-corrected chi connectivity index (χ1v) is 6.92. The molecule has 1 aromatic carbocycles. The third-order valence-electron chi connectivity index (χ3n) is 3.50. The van der Waals surface area contributed by atoms with Crippen molar-refractivity contribution in [2.75, 3.05) is 39.8 Å². The largest absolute Gasteiger partial charge is 0.347 e. The first-order valence-electron chi connectivity index (χ1n) is 6.92. The Morgan fingerprint density at radius 3 is 2.40 bits per heavy atom. The molecule has 0 aliphatic carbocycles. The summed E-state index contributed by atoms with van der Waals surface area (Å²) in [6, 6.07) is 9.53. The van der Waals surface area contributed by atoms with Crippen molar-refractivity contribution in [2.45, 2.75) is 6.42 Å². The van der Waals surface area contributed by atoms with Crippen LogP contribution in [0.15, 0.2) is 30.3 Å². The van der Waals surface area contributed by atoms with Gasteiger partial charge in [0.2, 0.25) is 11.8 Å². The van der Waals surface area contributed by atoms with Crippen LogP contribution in [0.5, 0.6) is 0 Å². The molecular weight excluding hydrogens is 254 g/mol. The Morgan fingerprint density at radius 1 is 1.10 bits per heavy atom. The SMILES string of the molecule is CN1CCN(C(=O)CNC(=O)Cc2ccccc2)CC1. The van der Waals surface area contributed by atoms with Crippen LogP contribution in [0.4, 0.5) is 0 Å². The first-order chi connectivity index (χ1) is 9.65. The van der Waals surface area contributed by atoms with Crippen molar-refractivity contribution >= 4 is 11.8 Å². The fourth-order valence-corrected chi connectivity index (χ4v) is 2.19. The summed E-state index contributed by atoms with van der Waals surface area (Å²) >= 11 is 0. The minimum Gasteiger partial charge on any atom is -0.347 e. The molecule has 20 heavy (non-hydrogen) atoms. The summed E-state index contributed by atoms with van der Waals surface area (Å²) in [5, 5.41) is 2.70. The van der Waals surface area contributed by atoms with E-state index in [1.807, 2.05) is 42.3 Å². The average Bonchev–Trinajstić information content (AvgIpc) is 2.46. The third kappa shape index (κ3) is 4.35. The molecule has 108 valence electrons. The smallest absolute Gasteiger partial charge is 0.242 e. The van der Waals surface area contributed by atoms with Crippen LogP contribution in [-0.2, 0) is 16.0 Å². The summed E-state index contributed by atoms with van der Waals surface area (Å²) in [6.45, 7) is 3.36. The van der Waals surface area contributed by atoms with Gasteiger partial charge in [-0.1, -0.05) is 30.3 Å². The van der Waals surface area contributed by atoms with Gasteiger partial charge in [0.1, 0.15) is 0 Å². The topological polar surface area (TPSA) is 52.6 Å². The van der Waals surface area contributed by atoms with Gasteiger partial charge in [0.15, 0.2) is 0 Å². The van der Waals surface area contributed by atoms with E-state index in [-0.39, 0.29) is 18.4 Å². The summed E-state index contributed by atoms with van der Waals surface area (Å²) in [7, 11) is 2.05. The van der Waals surface area contributed by atoms with Gasteiger partial charge in [-0.2, -0.15) is 0 Å². The summed E-state index contributed by atoms with van der Waals surface area (Å²) in [6.07, 6.45) is 0.316. The average molecular weight is 275 g/mol. The van der Waals surface area contributed by atoms with Gasteiger partial charge in [0.05, 0.1) is 13.0 Å². The Kier molecular flexibility index (Phi) is 5.12. The van der Waals surface area contributed by atoms with E-state index in [1.54, 1.807) is 0 Å². The molecule has 1 saturated heterocycles.